The fourth-order valence-electron chi connectivity index (χ4n) is 4.27. The summed E-state index contributed by atoms with van der Waals surface area (Å²) in [5, 5.41) is 29.3. The van der Waals surface area contributed by atoms with Gasteiger partial charge in [0.2, 0.25) is 0 Å². The van der Waals surface area contributed by atoms with Gasteiger partial charge in [0.15, 0.2) is 0 Å². The summed E-state index contributed by atoms with van der Waals surface area (Å²) in [6, 6.07) is 2.22. The molecule has 1 rings (SSSR count). The largest absolute Gasteiger partial charge is 0.481 e. The Kier molecular flexibility index (Phi) is 10.5. The normalized spacial score (nSPS) is 25.0. The Morgan fingerprint density at radius 2 is 1.77 bits per heavy atom. The molecule has 0 aromatic carbocycles. The van der Waals surface area contributed by atoms with E-state index < -0.39 is 29.8 Å². The van der Waals surface area contributed by atoms with Crippen LogP contribution in [-0.2, 0) is 9.59 Å². The van der Waals surface area contributed by atoms with Crippen LogP contribution in [0.5, 0.6) is 0 Å². The van der Waals surface area contributed by atoms with Crippen molar-refractivity contribution >= 4 is 11.8 Å². The second kappa shape index (κ2) is 12.1. The predicted molar refractivity (Wildman–Crippen MR) is 100 cm³/mol. The number of aliphatic hydroxyl groups is 1. The molecule has 0 aromatic rings. The summed E-state index contributed by atoms with van der Waals surface area (Å²) >= 11 is 0. The molecule has 0 aliphatic heterocycles. The number of carbonyl (C=O) groups excluding carboxylic acids is 1. The van der Waals surface area contributed by atoms with E-state index in [9.17, 15) is 25.1 Å². The third kappa shape index (κ3) is 6.72. The van der Waals surface area contributed by atoms with E-state index in [0.717, 1.165) is 44.9 Å². The summed E-state index contributed by atoms with van der Waals surface area (Å²) in [5.41, 5.74) is 0. The minimum Gasteiger partial charge on any atom is -0.481 e. The number of carboxylic acid groups (broad SMARTS) is 1. The lowest BCUT2D eigenvalue weighted by atomic mass is 9.76. The lowest BCUT2D eigenvalue weighted by Crippen LogP contribution is -2.32. The Bertz CT molecular complexity index is 485. The summed E-state index contributed by atoms with van der Waals surface area (Å²) in [7, 11) is 0. The van der Waals surface area contributed by atoms with Crippen molar-refractivity contribution < 1.29 is 19.8 Å². The molecule has 0 heterocycles. The van der Waals surface area contributed by atoms with Crippen molar-refractivity contribution in [2.75, 3.05) is 0 Å². The number of unbranched alkanes of at least 4 members (excludes halogenated alkanes) is 4. The van der Waals surface area contributed by atoms with E-state index in [2.05, 4.69) is 19.9 Å². The van der Waals surface area contributed by atoms with Crippen LogP contribution in [0.15, 0.2) is 0 Å². The van der Waals surface area contributed by atoms with Crippen molar-refractivity contribution in [3.8, 4) is 6.07 Å². The minimum atomic E-state index is -0.925. The van der Waals surface area contributed by atoms with Crippen LogP contribution in [0.1, 0.15) is 84.5 Å². The fraction of sp³-hybridized carbons (Fsp3) is 0.857. The second-order valence-corrected chi connectivity index (χ2v) is 7.76. The molecule has 0 bridgehead atoms. The van der Waals surface area contributed by atoms with Gasteiger partial charge in [0.1, 0.15) is 5.78 Å². The van der Waals surface area contributed by atoms with E-state index in [4.69, 9.17) is 0 Å². The number of aliphatic hydroxyl groups excluding tert-OH is 1. The number of ketones is 1. The summed E-state index contributed by atoms with van der Waals surface area (Å²) in [5.74, 6) is -2.93. The van der Waals surface area contributed by atoms with Crippen molar-refractivity contribution in [3.05, 3.63) is 0 Å². The van der Waals surface area contributed by atoms with Gasteiger partial charge in [-0.1, -0.05) is 52.4 Å². The van der Waals surface area contributed by atoms with Gasteiger partial charge in [0, 0.05) is 12.3 Å². The van der Waals surface area contributed by atoms with Gasteiger partial charge in [0.25, 0.3) is 0 Å². The lowest BCUT2D eigenvalue weighted by Gasteiger charge is -2.26. The van der Waals surface area contributed by atoms with Crippen molar-refractivity contribution in [1.29, 1.82) is 5.26 Å². The molecule has 2 N–H and O–H groups in total. The maximum atomic E-state index is 12.5. The molecule has 0 radical (unpaired) electrons. The highest BCUT2D eigenvalue weighted by Crippen LogP contribution is 2.43. The van der Waals surface area contributed by atoms with Crippen molar-refractivity contribution in [1.82, 2.24) is 0 Å². The Morgan fingerprint density at radius 3 is 2.31 bits per heavy atom. The van der Waals surface area contributed by atoms with Gasteiger partial charge >= 0.3 is 5.97 Å². The van der Waals surface area contributed by atoms with Crippen LogP contribution in [0, 0.1) is 35.0 Å². The first kappa shape index (κ1) is 22.6. The first-order chi connectivity index (χ1) is 12.5. The highest BCUT2D eigenvalue weighted by atomic mass is 16.4. The molecule has 5 nitrogen and oxygen atoms in total. The van der Waals surface area contributed by atoms with E-state index in [-0.39, 0.29) is 18.1 Å². The average molecular weight is 366 g/mol. The smallest absolute Gasteiger partial charge is 0.307 e. The van der Waals surface area contributed by atoms with Crippen LogP contribution in [0.25, 0.3) is 0 Å². The van der Waals surface area contributed by atoms with E-state index in [1.54, 1.807) is 0 Å². The summed E-state index contributed by atoms with van der Waals surface area (Å²) in [4.78, 5) is 24.3. The Balaban J connectivity index is 2.77. The third-order valence-electron chi connectivity index (χ3n) is 5.78. The van der Waals surface area contributed by atoms with E-state index in [1.807, 2.05) is 0 Å². The van der Waals surface area contributed by atoms with Gasteiger partial charge in [-0.25, -0.2) is 0 Å². The Hall–Kier alpha value is -1.41. The molecular formula is C21H35NO4. The number of rotatable bonds is 13. The first-order valence-electron chi connectivity index (χ1n) is 10.3. The van der Waals surface area contributed by atoms with Gasteiger partial charge in [-0.15, -0.1) is 0 Å². The van der Waals surface area contributed by atoms with Crippen LogP contribution in [0.4, 0.5) is 0 Å². The molecule has 5 heteroatoms. The zero-order valence-corrected chi connectivity index (χ0v) is 16.3. The van der Waals surface area contributed by atoms with Gasteiger partial charge in [-0.2, -0.15) is 5.26 Å². The predicted octanol–water partition coefficient (Wildman–Crippen LogP) is 4.33. The molecule has 0 spiro atoms. The van der Waals surface area contributed by atoms with Crippen LogP contribution < -0.4 is 0 Å². The van der Waals surface area contributed by atoms with Crippen molar-refractivity contribution in [2.45, 2.75) is 90.6 Å². The lowest BCUT2D eigenvalue weighted by molar-refractivity contribution is -0.147. The molecule has 1 unspecified atom stereocenters. The molecule has 1 fully saturated rings. The molecule has 1 aliphatic rings. The van der Waals surface area contributed by atoms with Gasteiger partial charge in [-0.05, 0) is 31.6 Å². The molecule has 0 aromatic heterocycles. The molecule has 1 saturated carbocycles. The van der Waals surface area contributed by atoms with Crippen LogP contribution >= 0.6 is 0 Å². The number of hydrogen-bond donors (Lipinski definition) is 2. The van der Waals surface area contributed by atoms with Gasteiger partial charge in [-0.3, -0.25) is 9.59 Å². The zero-order valence-electron chi connectivity index (χ0n) is 16.3. The molecule has 0 saturated heterocycles. The van der Waals surface area contributed by atoms with E-state index in [0.29, 0.717) is 19.3 Å². The Morgan fingerprint density at radius 1 is 1.15 bits per heavy atom. The first-order valence-corrected chi connectivity index (χ1v) is 10.3. The quantitative estimate of drug-likeness (QED) is 0.473. The molecule has 5 atom stereocenters. The van der Waals surface area contributed by atoms with Gasteiger partial charge < -0.3 is 10.2 Å². The number of aliphatic carboxylic acids is 1. The molecule has 1 aliphatic carbocycles. The van der Waals surface area contributed by atoms with Crippen LogP contribution in [0.2, 0.25) is 0 Å². The maximum absolute atomic E-state index is 12.5. The monoisotopic (exact) mass is 365 g/mol. The van der Waals surface area contributed by atoms with E-state index in [1.165, 1.54) is 0 Å². The highest BCUT2D eigenvalue weighted by Gasteiger charge is 2.48. The SMILES string of the molecule is CCCCCC(C(=O)O)[C@@H]1C(=O)C[C@@H](C#N)[C@@H]1CC[C@@H](O)CCCCC. The third-order valence-corrected chi connectivity index (χ3v) is 5.78. The summed E-state index contributed by atoms with van der Waals surface area (Å²) in [6.45, 7) is 4.17. The standard InChI is InChI=1S/C21H35NO4/c1-3-5-7-9-16(23)11-12-17-15(14-22)13-19(24)20(17)18(21(25)26)10-8-6-4-2/h15-18,20,23H,3-13H2,1-2H3,(H,25,26)/t15-,16-,17-,18?,20+/m0/s1. The van der Waals surface area contributed by atoms with Crippen LogP contribution in [0.3, 0.4) is 0 Å². The van der Waals surface area contributed by atoms with Crippen molar-refractivity contribution in [2.24, 2.45) is 23.7 Å². The molecule has 26 heavy (non-hydrogen) atoms. The number of nitriles is 1. The Labute approximate surface area is 157 Å². The number of hydrogen-bond acceptors (Lipinski definition) is 4. The summed E-state index contributed by atoms with van der Waals surface area (Å²) in [6.07, 6.45) is 7.95. The van der Waals surface area contributed by atoms with Crippen LogP contribution in [-0.4, -0.2) is 28.1 Å². The van der Waals surface area contributed by atoms with Crippen molar-refractivity contribution in [3.63, 3.8) is 0 Å². The number of carboxylic acids is 1. The fourth-order valence-corrected chi connectivity index (χ4v) is 4.27. The molecule has 0 amide bonds. The molecular weight excluding hydrogens is 330 g/mol. The number of Topliss-reactive ketones (excluding diaryl/α,β-unsaturated/α-hetero) is 1. The highest BCUT2D eigenvalue weighted by molar-refractivity contribution is 5.89. The number of carbonyl (C=O) groups is 2. The number of nitrogens with zero attached hydrogens (tertiary/aromatic N) is 1. The second-order valence-electron chi connectivity index (χ2n) is 7.76. The van der Waals surface area contributed by atoms with E-state index >= 15 is 0 Å². The summed E-state index contributed by atoms with van der Waals surface area (Å²) < 4.78 is 0. The maximum Gasteiger partial charge on any atom is 0.307 e. The average Bonchev–Trinajstić information content (AvgIpc) is 2.92. The minimum absolute atomic E-state index is 0.0779. The topological polar surface area (TPSA) is 98.4 Å². The zero-order chi connectivity index (χ0) is 19.5. The van der Waals surface area contributed by atoms with Gasteiger partial charge in [0.05, 0.1) is 24.0 Å². The molecule has 148 valence electrons.